The van der Waals surface area contributed by atoms with Crippen LogP contribution in [0.15, 0.2) is 0 Å². The van der Waals surface area contributed by atoms with Crippen LogP contribution in [0.2, 0.25) is 0 Å². The maximum atomic E-state index is 12.6. The summed E-state index contributed by atoms with van der Waals surface area (Å²) in [5, 5.41) is 14.6. The molecule has 2 rings (SSSR count). The molecule has 0 aromatic carbocycles. The van der Waals surface area contributed by atoms with Gasteiger partial charge in [-0.2, -0.15) is 0 Å². The van der Waals surface area contributed by atoms with E-state index in [2.05, 4.69) is 10.6 Å². The Labute approximate surface area is 111 Å². The van der Waals surface area contributed by atoms with Crippen LogP contribution < -0.4 is 10.6 Å². The van der Waals surface area contributed by atoms with Crippen molar-refractivity contribution in [3.8, 4) is 0 Å². The number of nitrogens with zero attached hydrogens (tertiary/aromatic N) is 1. The lowest BCUT2D eigenvalue weighted by molar-refractivity contribution is -0.151. The maximum Gasteiger partial charge on any atom is 0.305 e. The number of aliphatic carboxylic acids is 1. The molecule has 7 heteroatoms. The molecule has 0 spiro atoms. The van der Waals surface area contributed by atoms with Gasteiger partial charge in [-0.05, 0) is 26.3 Å². The minimum absolute atomic E-state index is 0.175. The lowest BCUT2D eigenvalue weighted by Gasteiger charge is -2.39. The van der Waals surface area contributed by atoms with Crippen molar-refractivity contribution in [3.63, 3.8) is 0 Å². The second-order valence-electron chi connectivity index (χ2n) is 5.27. The van der Waals surface area contributed by atoms with Crippen molar-refractivity contribution >= 4 is 17.8 Å². The quantitative estimate of drug-likeness (QED) is 0.606. The van der Waals surface area contributed by atoms with Gasteiger partial charge in [0.15, 0.2) is 0 Å². The summed E-state index contributed by atoms with van der Waals surface area (Å²) < 4.78 is 0. The van der Waals surface area contributed by atoms with E-state index >= 15 is 0 Å². The van der Waals surface area contributed by atoms with Gasteiger partial charge in [-0.3, -0.25) is 14.4 Å². The molecule has 0 bridgehead atoms. The van der Waals surface area contributed by atoms with Gasteiger partial charge in [-0.25, -0.2) is 0 Å². The third-order valence-corrected chi connectivity index (χ3v) is 3.80. The molecule has 2 atom stereocenters. The molecule has 19 heavy (non-hydrogen) atoms. The minimum atomic E-state index is -1.08. The van der Waals surface area contributed by atoms with Gasteiger partial charge in [0.25, 0.3) is 0 Å². The van der Waals surface area contributed by atoms with Crippen molar-refractivity contribution in [3.05, 3.63) is 0 Å². The Kier molecular flexibility index (Phi) is 3.75. The van der Waals surface area contributed by atoms with E-state index in [4.69, 9.17) is 5.11 Å². The van der Waals surface area contributed by atoms with Gasteiger partial charge in [-0.1, -0.05) is 0 Å². The highest BCUT2D eigenvalue weighted by Gasteiger charge is 2.44. The molecule has 2 aliphatic heterocycles. The lowest BCUT2D eigenvalue weighted by Crippen LogP contribution is -2.63. The van der Waals surface area contributed by atoms with Gasteiger partial charge in [0.2, 0.25) is 11.8 Å². The molecule has 0 aliphatic carbocycles. The number of carboxylic acids is 1. The van der Waals surface area contributed by atoms with Gasteiger partial charge >= 0.3 is 5.97 Å². The van der Waals surface area contributed by atoms with Crippen LogP contribution in [-0.4, -0.2) is 59.0 Å². The Balaban J connectivity index is 2.17. The molecule has 2 unspecified atom stereocenters. The average molecular weight is 269 g/mol. The van der Waals surface area contributed by atoms with Crippen LogP contribution >= 0.6 is 0 Å². The highest BCUT2D eigenvalue weighted by Crippen LogP contribution is 2.23. The summed E-state index contributed by atoms with van der Waals surface area (Å²) in [7, 11) is 0. The fourth-order valence-electron chi connectivity index (χ4n) is 2.72. The fourth-order valence-corrected chi connectivity index (χ4v) is 2.72. The number of amides is 2. The predicted molar refractivity (Wildman–Crippen MR) is 66.4 cm³/mol. The summed E-state index contributed by atoms with van der Waals surface area (Å²) >= 11 is 0. The molecule has 0 aromatic rings. The maximum absolute atomic E-state index is 12.6. The number of carbonyl (C=O) groups is 3. The third-order valence-electron chi connectivity index (χ3n) is 3.80. The monoisotopic (exact) mass is 269 g/mol. The van der Waals surface area contributed by atoms with Crippen molar-refractivity contribution < 1.29 is 19.5 Å². The summed E-state index contributed by atoms with van der Waals surface area (Å²) in [5.74, 6) is -1.64. The molecule has 0 saturated carbocycles. The first kappa shape index (κ1) is 13.8. The van der Waals surface area contributed by atoms with Crippen LogP contribution in [0.3, 0.4) is 0 Å². The number of rotatable bonds is 3. The zero-order chi connectivity index (χ0) is 14.0. The zero-order valence-electron chi connectivity index (χ0n) is 10.9. The molecule has 106 valence electrons. The van der Waals surface area contributed by atoms with E-state index in [9.17, 15) is 14.4 Å². The SMILES string of the molecule is CC1(C(=O)N2CCNC(=O)C2CC(=O)O)CCCN1. The van der Waals surface area contributed by atoms with Gasteiger partial charge in [0, 0.05) is 13.1 Å². The normalized spacial score (nSPS) is 31.1. The zero-order valence-corrected chi connectivity index (χ0v) is 10.9. The molecule has 7 nitrogen and oxygen atoms in total. The van der Waals surface area contributed by atoms with E-state index in [1.165, 1.54) is 4.90 Å². The Hall–Kier alpha value is -1.63. The lowest BCUT2D eigenvalue weighted by atomic mass is 9.96. The number of piperazine rings is 1. The smallest absolute Gasteiger partial charge is 0.305 e. The molecule has 2 fully saturated rings. The Morgan fingerprint density at radius 2 is 2.21 bits per heavy atom. The summed E-state index contributed by atoms with van der Waals surface area (Å²) in [6.07, 6.45) is 1.27. The summed E-state index contributed by atoms with van der Waals surface area (Å²) in [6.45, 7) is 3.31. The largest absolute Gasteiger partial charge is 0.481 e. The molecule has 3 N–H and O–H groups in total. The van der Waals surface area contributed by atoms with E-state index in [1.807, 2.05) is 6.92 Å². The predicted octanol–water partition coefficient (Wildman–Crippen LogP) is -1.07. The van der Waals surface area contributed by atoms with Crippen LogP contribution in [0.5, 0.6) is 0 Å². The van der Waals surface area contributed by atoms with E-state index in [0.717, 1.165) is 13.0 Å². The molecule has 2 aliphatic rings. The van der Waals surface area contributed by atoms with E-state index < -0.39 is 17.6 Å². The highest BCUT2D eigenvalue weighted by molar-refractivity contribution is 5.94. The number of hydrogen-bond acceptors (Lipinski definition) is 4. The topological polar surface area (TPSA) is 98.7 Å². The fraction of sp³-hybridized carbons (Fsp3) is 0.750. The van der Waals surface area contributed by atoms with E-state index in [-0.39, 0.29) is 18.2 Å². The molecule has 2 heterocycles. The van der Waals surface area contributed by atoms with Crippen molar-refractivity contribution in [2.24, 2.45) is 0 Å². The Bertz CT molecular complexity index is 404. The number of nitrogens with one attached hydrogen (secondary N) is 2. The van der Waals surface area contributed by atoms with Crippen molar-refractivity contribution in [1.29, 1.82) is 0 Å². The molecule has 2 saturated heterocycles. The van der Waals surface area contributed by atoms with Crippen molar-refractivity contribution in [1.82, 2.24) is 15.5 Å². The van der Waals surface area contributed by atoms with Crippen LogP contribution in [0, 0.1) is 0 Å². The van der Waals surface area contributed by atoms with Crippen molar-refractivity contribution in [2.75, 3.05) is 19.6 Å². The second kappa shape index (κ2) is 5.16. The first-order valence-corrected chi connectivity index (χ1v) is 6.50. The number of carbonyl (C=O) groups excluding carboxylic acids is 2. The average Bonchev–Trinajstić information content (AvgIpc) is 2.79. The third kappa shape index (κ3) is 2.70. The standard InChI is InChI=1S/C12H19N3O4/c1-12(3-2-4-14-12)11(19)15-6-5-13-10(18)8(15)7-9(16)17/h8,14H,2-7H2,1H3,(H,13,18)(H,16,17). The second-order valence-corrected chi connectivity index (χ2v) is 5.27. The summed E-state index contributed by atoms with van der Waals surface area (Å²) in [4.78, 5) is 36.6. The molecular formula is C12H19N3O4. The van der Waals surface area contributed by atoms with Gasteiger partial charge < -0.3 is 20.6 Å². The van der Waals surface area contributed by atoms with Crippen molar-refractivity contribution in [2.45, 2.75) is 37.8 Å². The van der Waals surface area contributed by atoms with Crippen LogP contribution in [0.1, 0.15) is 26.2 Å². The molecule has 2 amide bonds. The van der Waals surface area contributed by atoms with Crippen LogP contribution in [-0.2, 0) is 14.4 Å². The number of hydrogen-bond donors (Lipinski definition) is 3. The van der Waals surface area contributed by atoms with E-state index in [1.54, 1.807) is 0 Å². The first-order chi connectivity index (χ1) is 8.94. The van der Waals surface area contributed by atoms with Gasteiger partial charge in [-0.15, -0.1) is 0 Å². The summed E-state index contributed by atoms with van der Waals surface area (Å²) in [6, 6.07) is -0.905. The molecule has 0 radical (unpaired) electrons. The van der Waals surface area contributed by atoms with Gasteiger partial charge in [0.1, 0.15) is 6.04 Å². The first-order valence-electron chi connectivity index (χ1n) is 6.50. The molecule has 0 aromatic heterocycles. The molecular weight excluding hydrogens is 250 g/mol. The number of carboxylic acid groups (broad SMARTS) is 1. The Morgan fingerprint density at radius 3 is 2.79 bits per heavy atom. The highest BCUT2D eigenvalue weighted by atomic mass is 16.4. The summed E-state index contributed by atoms with van der Waals surface area (Å²) in [5.41, 5.74) is -0.672. The van der Waals surface area contributed by atoms with Crippen LogP contribution in [0.25, 0.3) is 0 Å². The Morgan fingerprint density at radius 1 is 1.47 bits per heavy atom. The van der Waals surface area contributed by atoms with Crippen LogP contribution in [0.4, 0.5) is 0 Å². The van der Waals surface area contributed by atoms with E-state index in [0.29, 0.717) is 19.5 Å². The minimum Gasteiger partial charge on any atom is -0.481 e. The van der Waals surface area contributed by atoms with Gasteiger partial charge in [0.05, 0.1) is 12.0 Å².